The van der Waals surface area contributed by atoms with Gasteiger partial charge in [-0.25, -0.2) is 21.4 Å². The average molecular weight is 599 g/mol. The van der Waals surface area contributed by atoms with Crippen molar-refractivity contribution in [2.24, 2.45) is 0 Å². The van der Waals surface area contributed by atoms with E-state index in [1.54, 1.807) is 0 Å². The number of pyridine rings is 1. The minimum Gasteiger partial charge on any atom is -0.421 e. The Hall–Kier alpha value is -1.41. The van der Waals surface area contributed by atoms with E-state index in [1.807, 2.05) is 0 Å². The van der Waals surface area contributed by atoms with E-state index in [1.165, 1.54) is 102 Å². The highest BCUT2D eigenvalue weighted by Gasteiger charge is 2.46. The van der Waals surface area contributed by atoms with Gasteiger partial charge in [-0.05, 0) is 18.9 Å². The number of rotatable bonds is 17. The third kappa shape index (κ3) is 16.5. The molecule has 0 saturated carbocycles. The zero-order chi connectivity index (χ0) is 29.3. The van der Waals surface area contributed by atoms with Crippen molar-refractivity contribution in [2.75, 3.05) is 0 Å². The van der Waals surface area contributed by atoms with Crippen LogP contribution in [0.2, 0.25) is 0 Å². The highest BCUT2D eigenvalue weighted by atomic mass is 32.3. The first kappa shape index (κ1) is 36.6. The van der Waals surface area contributed by atoms with E-state index in [0.717, 1.165) is 4.13 Å². The molecule has 0 radical (unpaired) electrons. The molecule has 1 rings (SSSR count). The number of halogens is 6. The van der Waals surface area contributed by atoms with Crippen LogP contribution in [0.5, 0.6) is 0 Å². The summed E-state index contributed by atoms with van der Waals surface area (Å²) in [4.78, 5) is 0. The minimum absolute atomic E-state index is 0.778. The van der Waals surface area contributed by atoms with Crippen molar-refractivity contribution in [1.29, 1.82) is 0 Å². The molecule has 224 valence electrons. The van der Waals surface area contributed by atoms with Gasteiger partial charge >= 0.3 is 11.0 Å². The molecule has 0 amide bonds. The number of sulfonamides is 2. The first-order valence-electron chi connectivity index (χ1n) is 12.9. The smallest absolute Gasteiger partial charge is 0.421 e. The number of aromatic nitrogens is 1. The first-order chi connectivity index (χ1) is 17.5. The molecule has 1 heterocycles. The van der Waals surface area contributed by atoms with Gasteiger partial charge in [-0.1, -0.05) is 84.0 Å². The molecular weight excluding hydrogens is 558 g/mol. The third-order valence-electron chi connectivity index (χ3n) is 5.61. The van der Waals surface area contributed by atoms with Crippen molar-refractivity contribution in [1.82, 2.24) is 0 Å². The van der Waals surface area contributed by atoms with E-state index >= 15 is 0 Å². The van der Waals surface area contributed by atoms with Crippen molar-refractivity contribution in [2.45, 2.75) is 121 Å². The van der Waals surface area contributed by atoms with Gasteiger partial charge in [0.2, 0.25) is 0 Å². The average Bonchev–Trinajstić information content (AvgIpc) is 2.79. The lowest BCUT2D eigenvalue weighted by Gasteiger charge is -2.22. The number of unbranched alkanes of at least 4 members (excludes halogenated alkanes) is 13. The number of alkyl halides is 6. The van der Waals surface area contributed by atoms with Crippen molar-refractivity contribution >= 4 is 20.0 Å². The van der Waals surface area contributed by atoms with Gasteiger partial charge in [0.15, 0.2) is 32.4 Å². The first-order valence-corrected chi connectivity index (χ1v) is 15.7. The molecule has 0 aliphatic carbocycles. The summed E-state index contributed by atoms with van der Waals surface area (Å²) in [6, 6.07) is 4.40. The van der Waals surface area contributed by atoms with Gasteiger partial charge in [-0.3, -0.25) is 0 Å². The summed E-state index contributed by atoms with van der Waals surface area (Å²) in [7, 11) is -13.4. The highest BCUT2D eigenvalue weighted by Crippen LogP contribution is 2.36. The monoisotopic (exact) mass is 598 g/mol. The molecule has 0 bridgehead atoms. The summed E-state index contributed by atoms with van der Waals surface area (Å²) in [5.74, 6) is 0. The Balaban J connectivity index is 0.000000793. The Morgan fingerprint density at radius 1 is 0.632 bits per heavy atom. The summed E-state index contributed by atoms with van der Waals surface area (Å²) in [6.07, 6.45) is 24.5. The second-order valence-electron chi connectivity index (χ2n) is 9.13. The number of hydrogen-bond donors (Lipinski definition) is 0. The zero-order valence-corrected chi connectivity index (χ0v) is 23.7. The van der Waals surface area contributed by atoms with Gasteiger partial charge in [0.25, 0.3) is 0 Å². The standard InChI is InChI=1S/C22H40N.C2F6NO4S2/c1-3-4-5-6-7-8-9-10-11-12-13-14-15-16-19-23-20-17-22(2)18-21-23;3-1(4,5)14(10,11)9-15(12,13)2(6,7)8/h17-18,20-21H,3-16,19H2,1-2H3;/q+1;-1. The molecule has 1 aromatic heterocycles. The lowest BCUT2D eigenvalue weighted by molar-refractivity contribution is -0.697. The largest absolute Gasteiger partial charge is 0.480 e. The molecular formula is C24H40F6N2O4S2. The van der Waals surface area contributed by atoms with Crippen LogP contribution < -0.4 is 4.57 Å². The summed E-state index contributed by atoms with van der Waals surface area (Å²) < 4.78 is 111. The molecule has 14 heteroatoms. The predicted octanol–water partition coefficient (Wildman–Crippen LogP) is 7.82. The fourth-order valence-corrected chi connectivity index (χ4v) is 5.09. The lowest BCUT2D eigenvalue weighted by Crippen LogP contribution is -2.32. The quantitative estimate of drug-likeness (QED) is 0.104. The summed E-state index contributed by atoms with van der Waals surface area (Å²) >= 11 is 0. The zero-order valence-electron chi connectivity index (χ0n) is 22.0. The van der Waals surface area contributed by atoms with E-state index in [4.69, 9.17) is 0 Å². The molecule has 0 atom stereocenters. The molecule has 38 heavy (non-hydrogen) atoms. The second-order valence-corrected chi connectivity index (χ2v) is 12.5. The summed E-state index contributed by atoms with van der Waals surface area (Å²) in [5, 5.41) is 0. The van der Waals surface area contributed by atoms with E-state index in [0.29, 0.717) is 0 Å². The van der Waals surface area contributed by atoms with Crippen LogP contribution in [0.25, 0.3) is 4.13 Å². The Labute approximate surface area is 223 Å². The summed E-state index contributed by atoms with van der Waals surface area (Å²) in [5.41, 5.74) is -11.1. The van der Waals surface area contributed by atoms with Gasteiger partial charge in [0.1, 0.15) is 6.54 Å². The molecule has 1 aromatic rings. The topological polar surface area (TPSA) is 86.3 Å². The fourth-order valence-electron chi connectivity index (χ4n) is 3.38. The molecule has 0 aliphatic heterocycles. The van der Waals surface area contributed by atoms with Crippen LogP contribution in [0.1, 0.15) is 102 Å². The maximum Gasteiger partial charge on any atom is 0.480 e. The number of hydrogen-bond acceptors (Lipinski definition) is 4. The van der Waals surface area contributed by atoms with E-state index < -0.39 is 31.1 Å². The normalized spacial score (nSPS) is 12.7. The number of nitrogens with zero attached hydrogens (tertiary/aromatic N) is 2. The van der Waals surface area contributed by atoms with Crippen molar-refractivity contribution in [3.8, 4) is 0 Å². The molecule has 0 N–H and O–H groups in total. The Morgan fingerprint density at radius 2 is 0.947 bits per heavy atom. The Bertz CT molecular complexity index is 923. The van der Waals surface area contributed by atoms with Gasteiger partial charge in [0.05, 0.1) is 0 Å². The van der Waals surface area contributed by atoms with Crippen LogP contribution in [0.3, 0.4) is 0 Å². The number of aryl methyl sites for hydroxylation is 2. The Morgan fingerprint density at radius 3 is 1.26 bits per heavy atom. The van der Waals surface area contributed by atoms with Crippen molar-refractivity contribution in [3.05, 3.63) is 34.2 Å². The fraction of sp³-hybridized carbons (Fsp3) is 0.792. The van der Waals surface area contributed by atoms with Crippen LogP contribution in [-0.2, 0) is 26.6 Å². The van der Waals surface area contributed by atoms with E-state index in [-0.39, 0.29) is 0 Å². The minimum atomic E-state index is -6.72. The molecule has 0 spiro atoms. The van der Waals surface area contributed by atoms with Gasteiger partial charge in [-0.15, -0.1) is 0 Å². The van der Waals surface area contributed by atoms with Gasteiger partial charge in [-0.2, -0.15) is 26.3 Å². The lowest BCUT2D eigenvalue weighted by atomic mass is 10.0. The van der Waals surface area contributed by atoms with E-state index in [2.05, 4.69) is 42.9 Å². The van der Waals surface area contributed by atoms with Crippen LogP contribution >= 0.6 is 0 Å². The summed E-state index contributed by atoms with van der Waals surface area (Å²) in [6.45, 7) is 5.62. The van der Waals surface area contributed by atoms with Crippen LogP contribution in [0.4, 0.5) is 26.3 Å². The van der Waals surface area contributed by atoms with Crippen LogP contribution in [0.15, 0.2) is 24.5 Å². The SMILES string of the molecule is CCCCCCCCCCCCCCCC[n+]1ccc(C)cc1.O=S(=O)([N-]S(=O)(=O)C(F)(F)F)C(F)(F)F. The van der Waals surface area contributed by atoms with Gasteiger partial charge in [0, 0.05) is 18.6 Å². The maximum absolute atomic E-state index is 11.4. The maximum atomic E-state index is 11.4. The van der Waals surface area contributed by atoms with Crippen LogP contribution in [-0.4, -0.2) is 27.9 Å². The molecule has 0 aromatic carbocycles. The second kappa shape index (κ2) is 18.0. The van der Waals surface area contributed by atoms with Crippen molar-refractivity contribution < 1.29 is 47.7 Å². The molecule has 0 aliphatic rings. The van der Waals surface area contributed by atoms with Crippen molar-refractivity contribution in [3.63, 3.8) is 0 Å². The molecule has 6 nitrogen and oxygen atoms in total. The van der Waals surface area contributed by atoms with Crippen LogP contribution in [0, 0.1) is 6.92 Å². The van der Waals surface area contributed by atoms with E-state index in [9.17, 15) is 43.2 Å². The Kier molecular flexibility index (Phi) is 17.4. The molecule has 0 saturated heterocycles. The highest BCUT2D eigenvalue weighted by molar-refractivity contribution is 8.13. The molecule has 0 fully saturated rings. The third-order valence-corrected chi connectivity index (χ3v) is 8.35. The van der Waals surface area contributed by atoms with Gasteiger partial charge < -0.3 is 4.13 Å². The molecule has 0 unspecified atom stereocenters. The predicted molar refractivity (Wildman–Crippen MR) is 135 cm³/mol.